The number of carbonyl (C=O) groups is 3. The Morgan fingerprint density at radius 2 is 0.585 bits per heavy atom. The average molecular weight is 909 g/mol. The molecule has 6 heteroatoms. The molecular weight excluding hydrogens is 805 g/mol. The van der Waals surface area contributed by atoms with Gasteiger partial charge in [0.15, 0.2) is 6.10 Å². The molecule has 0 aliphatic rings. The zero-order chi connectivity index (χ0) is 47.2. The lowest BCUT2D eigenvalue weighted by Gasteiger charge is -2.18. The van der Waals surface area contributed by atoms with Crippen LogP contribution in [0.25, 0.3) is 0 Å². The molecule has 6 nitrogen and oxygen atoms in total. The van der Waals surface area contributed by atoms with Crippen LogP contribution >= 0.6 is 0 Å². The van der Waals surface area contributed by atoms with Crippen molar-refractivity contribution in [3.63, 3.8) is 0 Å². The first kappa shape index (κ1) is 62.1. The van der Waals surface area contributed by atoms with E-state index in [1.54, 1.807) is 0 Å². The first-order valence-corrected chi connectivity index (χ1v) is 27.8. The molecule has 65 heavy (non-hydrogen) atoms. The summed E-state index contributed by atoms with van der Waals surface area (Å²) in [5, 5.41) is 0. The molecule has 0 saturated heterocycles. The fraction of sp³-hybridized carbons (Fsp3) is 0.780. The normalized spacial score (nSPS) is 12.5. The van der Waals surface area contributed by atoms with Gasteiger partial charge in [-0.15, -0.1) is 0 Å². The molecule has 0 spiro atoms. The highest BCUT2D eigenvalue weighted by Gasteiger charge is 2.19. The third kappa shape index (κ3) is 51.9. The van der Waals surface area contributed by atoms with Crippen molar-refractivity contribution in [2.75, 3.05) is 13.2 Å². The van der Waals surface area contributed by atoms with Crippen molar-refractivity contribution in [3.8, 4) is 0 Å². The van der Waals surface area contributed by atoms with Crippen molar-refractivity contribution in [2.45, 2.75) is 284 Å². The third-order valence-corrected chi connectivity index (χ3v) is 12.1. The molecule has 0 fully saturated rings. The zero-order valence-corrected chi connectivity index (χ0v) is 43.0. The van der Waals surface area contributed by atoms with E-state index in [0.29, 0.717) is 19.3 Å². The fourth-order valence-electron chi connectivity index (χ4n) is 7.85. The van der Waals surface area contributed by atoms with Gasteiger partial charge in [-0.05, 0) is 64.2 Å². The number of hydrogen-bond donors (Lipinski definition) is 0. The van der Waals surface area contributed by atoms with Gasteiger partial charge in [-0.25, -0.2) is 0 Å². The Hall–Kier alpha value is -2.89. The molecule has 1 unspecified atom stereocenters. The molecule has 0 aliphatic carbocycles. The average Bonchev–Trinajstić information content (AvgIpc) is 3.30. The summed E-state index contributed by atoms with van der Waals surface area (Å²) >= 11 is 0. The van der Waals surface area contributed by atoms with Gasteiger partial charge in [-0.1, -0.05) is 255 Å². The minimum absolute atomic E-state index is 0.0845. The quantitative estimate of drug-likeness (QED) is 0.0199. The van der Waals surface area contributed by atoms with Gasteiger partial charge in [0.1, 0.15) is 13.2 Å². The number of esters is 3. The summed E-state index contributed by atoms with van der Waals surface area (Å²) in [4.78, 5) is 38.0. The van der Waals surface area contributed by atoms with E-state index in [2.05, 4.69) is 81.5 Å². The van der Waals surface area contributed by atoms with Gasteiger partial charge in [0, 0.05) is 19.3 Å². The number of ether oxygens (including phenoxy) is 3. The first-order valence-electron chi connectivity index (χ1n) is 27.8. The highest BCUT2D eigenvalue weighted by molar-refractivity contribution is 5.71. The second-order valence-electron chi connectivity index (χ2n) is 18.6. The Morgan fingerprint density at radius 3 is 0.985 bits per heavy atom. The number of hydrogen-bond acceptors (Lipinski definition) is 6. The molecule has 0 rings (SSSR count). The van der Waals surface area contributed by atoms with Crippen LogP contribution in [0.3, 0.4) is 0 Å². The standard InChI is InChI=1S/C59H104O6/c1-4-7-10-13-16-19-22-24-26-28-30-32-34-37-40-43-46-49-52-58(61)64-55-56(54-63-57(60)51-48-45-42-39-36-21-18-15-12-9-6-3)65-59(62)53-50-47-44-41-38-35-33-31-29-27-25-23-20-17-14-11-8-5-2/h15-16,18-19,22,24,26,28,30,32,56H,4-14,17,20-21,23,25,27,29,31,33-55H2,1-3H3/b18-15-,19-16-,24-22-,28-26-,32-30-. The Bertz CT molecular complexity index is 1180. The van der Waals surface area contributed by atoms with Crippen LogP contribution in [-0.2, 0) is 28.6 Å². The Balaban J connectivity index is 4.38. The van der Waals surface area contributed by atoms with E-state index in [1.807, 2.05) is 0 Å². The third-order valence-electron chi connectivity index (χ3n) is 12.1. The van der Waals surface area contributed by atoms with Gasteiger partial charge in [-0.2, -0.15) is 0 Å². The van der Waals surface area contributed by atoms with Crippen LogP contribution in [0, 0.1) is 0 Å². The predicted octanol–water partition coefficient (Wildman–Crippen LogP) is 18.4. The van der Waals surface area contributed by atoms with Crippen LogP contribution in [0.4, 0.5) is 0 Å². The summed E-state index contributed by atoms with van der Waals surface area (Å²) < 4.78 is 16.8. The molecule has 1 atom stereocenters. The Kier molecular flexibility index (Phi) is 51.3. The predicted molar refractivity (Wildman–Crippen MR) is 279 cm³/mol. The van der Waals surface area contributed by atoms with E-state index in [1.165, 1.54) is 148 Å². The maximum atomic E-state index is 12.8. The number of rotatable bonds is 50. The minimum atomic E-state index is -0.785. The van der Waals surface area contributed by atoms with Gasteiger partial charge in [0.25, 0.3) is 0 Å². The summed E-state index contributed by atoms with van der Waals surface area (Å²) in [5.74, 6) is -0.907. The second-order valence-corrected chi connectivity index (χ2v) is 18.6. The topological polar surface area (TPSA) is 78.9 Å². The second kappa shape index (κ2) is 53.7. The maximum Gasteiger partial charge on any atom is 0.306 e. The van der Waals surface area contributed by atoms with Crippen LogP contribution in [0.5, 0.6) is 0 Å². The summed E-state index contributed by atoms with van der Waals surface area (Å²) in [5.41, 5.74) is 0. The molecule has 0 saturated carbocycles. The molecule has 0 aromatic rings. The lowest BCUT2D eigenvalue weighted by Crippen LogP contribution is -2.30. The van der Waals surface area contributed by atoms with Crippen molar-refractivity contribution in [1.82, 2.24) is 0 Å². The molecule has 0 heterocycles. The SMILES string of the molecule is CCCC/C=C\CCCCCCCC(=O)OCC(COC(=O)CCCCCCC\C=C/C=C\C=C/C=C\CCCCC)OC(=O)CCCCCCCCCCCCCCCCCCCC. The Labute approximate surface area is 402 Å². The fourth-order valence-corrected chi connectivity index (χ4v) is 7.85. The Morgan fingerprint density at radius 1 is 0.308 bits per heavy atom. The lowest BCUT2D eigenvalue weighted by molar-refractivity contribution is -0.167. The summed E-state index contributed by atoms with van der Waals surface area (Å²) in [7, 11) is 0. The van der Waals surface area contributed by atoms with E-state index in [-0.39, 0.29) is 31.1 Å². The van der Waals surface area contributed by atoms with Gasteiger partial charge in [0.2, 0.25) is 0 Å². The molecule has 0 bridgehead atoms. The van der Waals surface area contributed by atoms with Crippen molar-refractivity contribution in [3.05, 3.63) is 60.8 Å². The largest absolute Gasteiger partial charge is 0.462 e. The van der Waals surface area contributed by atoms with E-state index < -0.39 is 6.10 Å². The van der Waals surface area contributed by atoms with Gasteiger partial charge < -0.3 is 14.2 Å². The van der Waals surface area contributed by atoms with Crippen LogP contribution in [0.2, 0.25) is 0 Å². The van der Waals surface area contributed by atoms with Crippen molar-refractivity contribution >= 4 is 17.9 Å². The van der Waals surface area contributed by atoms with Crippen molar-refractivity contribution < 1.29 is 28.6 Å². The van der Waals surface area contributed by atoms with E-state index in [4.69, 9.17) is 14.2 Å². The van der Waals surface area contributed by atoms with Gasteiger partial charge >= 0.3 is 17.9 Å². The zero-order valence-electron chi connectivity index (χ0n) is 43.0. The summed E-state index contributed by atoms with van der Waals surface area (Å²) in [6.07, 6.45) is 66.3. The monoisotopic (exact) mass is 909 g/mol. The molecule has 0 radical (unpaired) electrons. The molecule has 0 aliphatic heterocycles. The van der Waals surface area contributed by atoms with Gasteiger partial charge in [0.05, 0.1) is 0 Å². The molecule has 0 aromatic heterocycles. The van der Waals surface area contributed by atoms with E-state index in [0.717, 1.165) is 89.9 Å². The molecule has 0 aromatic carbocycles. The highest BCUT2D eigenvalue weighted by atomic mass is 16.6. The summed E-state index contributed by atoms with van der Waals surface area (Å²) in [6, 6.07) is 0. The molecule has 0 N–H and O–H groups in total. The summed E-state index contributed by atoms with van der Waals surface area (Å²) in [6.45, 7) is 6.56. The maximum absolute atomic E-state index is 12.8. The van der Waals surface area contributed by atoms with E-state index >= 15 is 0 Å². The van der Waals surface area contributed by atoms with Crippen LogP contribution < -0.4 is 0 Å². The molecular formula is C59H104O6. The first-order chi connectivity index (χ1) is 32.0. The van der Waals surface area contributed by atoms with E-state index in [9.17, 15) is 14.4 Å². The van der Waals surface area contributed by atoms with Crippen molar-refractivity contribution in [2.24, 2.45) is 0 Å². The smallest absolute Gasteiger partial charge is 0.306 e. The highest BCUT2D eigenvalue weighted by Crippen LogP contribution is 2.16. The minimum Gasteiger partial charge on any atom is -0.462 e. The molecule has 376 valence electrons. The van der Waals surface area contributed by atoms with Crippen molar-refractivity contribution in [1.29, 1.82) is 0 Å². The number of allylic oxidation sites excluding steroid dienone is 10. The number of carbonyl (C=O) groups excluding carboxylic acids is 3. The lowest BCUT2D eigenvalue weighted by atomic mass is 10.0. The van der Waals surface area contributed by atoms with Crippen LogP contribution in [0.15, 0.2) is 60.8 Å². The number of unbranched alkanes of at least 4 members (excludes halogenated alkanes) is 32. The van der Waals surface area contributed by atoms with Crippen LogP contribution in [-0.4, -0.2) is 37.2 Å². The van der Waals surface area contributed by atoms with Gasteiger partial charge in [-0.3, -0.25) is 14.4 Å². The molecule has 0 amide bonds. The van der Waals surface area contributed by atoms with Crippen LogP contribution in [0.1, 0.15) is 278 Å².